The van der Waals surface area contributed by atoms with E-state index in [1.54, 1.807) is 18.2 Å². The first kappa shape index (κ1) is 33.2. The molecule has 2 heterocycles. The number of benzene rings is 2. The zero-order valence-electron chi connectivity index (χ0n) is 25.3. The van der Waals surface area contributed by atoms with E-state index in [1.165, 1.54) is 29.5 Å². The molecule has 10 nitrogen and oxygen atoms in total. The molecule has 1 aromatic heterocycles. The monoisotopic (exact) mass is 660 g/mol. The molecule has 1 saturated heterocycles. The molecular weight excluding hydrogens is 625 g/mol. The zero-order chi connectivity index (χ0) is 33.2. The first-order chi connectivity index (χ1) is 21.8. The number of rotatable bonds is 12. The van der Waals surface area contributed by atoms with Crippen LogP contribution >= 0.6 is 11.3 Å². The van der Waals surface area contributed by atoms with Gasteiger partial charge >= 0.3 is 12.3 Å². The SMILES string of the molecule is CC(C)C1CC(OC/C(C(=N)c2ccccc2OC(F)(F)F)=C(/O)C2CC2)CCN1c1nc2ccc(C(=O)NCC(=O)O)cc2s1. The van der Waals surface area contributed by atoms with Gasteiger partial charge in [0.15, 0.2) is 5.13 Å². The summed E-state index contributed by atoms with van der Waals surface area (Å²) in [4.78, 5) is 30.2. The van der Waals surface area contributed by atoms with Crippen LogP contribution in [0.2, 0.25) is 0 Å². The number of para-hydroxylation sites is 1. The van der Waals surface area contributed by atoms with Crippen molar-refractivity contribution in [2.75, 3.05) is 24.6 Å². The number of allylic oxidation sites excluding steroid dienone is 1. The van der Waals surface area contributed by atoms with Crippen LogP contribution in [-0.2, 0) is 9.53 Å². The molecule has 246 valence electrons. The van der Waals surface area contributed by atoms with E-state index in [1.807, 2.05) is 0 Å². The quantitative estimate of drug-likeness (QED) is 0.131. The summed E-state index contributed by atoms with van der Waals surface area (Å²) in [6, 6.07) is 10.5. The molecule has 4 N–H and O–H groups in total. The first-order valence-corrected chi connectivity index (χ1v) is 15.8. The Balaban J connectivity index is 1.30. The molecule has 0 bridgehead atoms. The number of carboxylic acid groups (broad SMARTS) is 1. The van der Waals surface area contributed by atoms with Crippen LogP contribution in [-0.4, -0.2) is 71.0 Å². The number of amides is 1. The Bertz CT molecular complexity index is 1650. The van der Waals surface area contributed by atoms with E-state index in [0.29, 0.717) is 30.5 Å². The molecule has 1 saturated carbocycles. The molecule has 2 fully saturated rings. The maximum absolute atomic E-state index is 13.1. The Morgan fingerprint density at radius 3 is 2.57 bits per heavy atom. The number of carbonyl (C=O) groups is 2. The van der Waals surface area contributed by atoms with E-state index in [2.05, 4.69) is 28.8 Å². The third-order valence-corrected chi connectivity index (χ3v) is 9.13. The summed E-state index contributed by atoms with van der Waals surface area (Å²) in [5, 5.41) is 31.7. The molecule has 2 aliphatic rings. The van der Waals surface area contributed by atoms with Gasteiger partial charge < -0.3 is 29.9 Å². The Morgan fingerprint density at radius 1 is 1.15 bits per heavy atom. The number of anilines is 1. The van der Waals surface area contributed by atoms with Crippen molar-refractivity contribution >= 4 is 44.3 Å². The predicted molar refractivity (Wildman–Crippen MR) is 167 cm³/mol. The Labute approximate surface area is 267 Å². The van der Waals surface area contributed by atoms with Crippen molar-refractivity contribution < 1.29 is 42.4 Å². The number of nitrogens with zero attached hydrogens (tertiary/aromatic N) is 2. The number of aliphatic hydroxyl groups is 1. The number of carboxylic acids is 1. The van der Waals surface area contributed by atoms with Gasteiger partial charge in [0, 0.05) is 35.2 Å². The number of carbonyl (C=O) groups excluding carboxylic acids is 1. The molecule has 1 aliphatic carbocycles. The summed E-state index contributed by atoms with van der Waals surface area (Å²) in [5.74, 6) is -2.11. The van der Waals surface area contributed by atoms with E-state index in [-0.39, 0.29) is 53.2 Å². The highest BCUT2D eigenvalue weighted by Crippen LogP contribution is 2.39. The minimum absolute atomic E-state index is 0.0301. The van der Waals surface area contributed by atoms with Gasteiger partial charge in [0.05, 0.1) is 28.6 Å². The number of piperidine rings is 1. The lowest BCUT2D eigenvalue weighted by Gasteiger charge is -2.41. The minimum atomic E-state index is -4.93. The summed E-state index contributed by atoms with van der Waals surface area (Å²) >= 11 is 1.44. The van der Waals surface area contributed by atoms with Gasteiger partial charge in [0.25, 0.3) is 5.91 Å². The second kappa shape index (κ2) is 13.7. The van der Waals surface area contributed by atoms with Crippen molar-refractivity contribution in [2.24, 2.45) is 11.8 Å². The molecule has 2 aromatic carbocycles. The van der Waals surface area contributed by atoms with Gasteiger partial charge in [-0.1, -0.05) is 37.3 Å². The molecular formula is C32H35F3N4O6S. The number of alkyl halides is 3. The average Bonchev–Trinajstić information content (AvgIpc) is 3.77. The zero-order valence-corrected chi connectivity index (χ0v) is 26.1. The lowest BCUT2D eigenvalue weighted by Crippen LogP contribution is -2.48. The van der Waals surface area contributed by atoms with Crippen LogP contribution in [0.15, 0.2) is 53.8 Å². The minimum Gasteiger partial charge on any atom is -0.512 e. The smallest absolute Gasteiger partial charge is 0.512 e. The Hall–Kier alpha value is -4.17. The molecule has 1 amide bonds. The van der Waals surface area contributed by atoms with Crippen LogP contribution in [0.5, 0.6) is 5.75 Å². The van der Waals surface area contributed by atoms with Gasteiger partial charge in [-0.2, -0.15) is 0 Å². The fourth-order valence-electron chi connectivity index (χ4n) is 5.55. The van der Waals surface area contributed by atoms with Gasteiger partial charge in [-0.15, -0.1) is 13.2 Å². The van der Waals surface area contributed by atoms with E-state index >= 15 is 0 Å². The molecule has 5 rings (SSSR count). The lowest BCUT2D eigenvalue weighted by molar-refractivity contribution is -0.274. The van der Waals surface area contributed by atoms with Crippen molar-refractivity contribution in [3.05, 3.63) is 64.9 Å². The predicted octanol–water partition coefficient (Wildman–Crippen LogP) is 6.31. The maximum atomic E-state index is 13.1. The lowest BCUT2D eigenvalue weighted by atomic mass is 9.91. The number of aliphatic hydroxyl groups excluding tert-OH is 1. The number of hydrogen-bond donors (Lipinski definition) is 4. The van der Waals surface area contributed by atoms with E-state index < -0.39 is 30.5 Å². The van der Waals surface area contributed by atoms with Gasteiger partial charge in [-0.25, -0.2) is 4.98 Å². The molecule has 2 atom stereocenters. The number of aliphatic carboxylic acids is 1. The number of nitrogens with one attached hydrogen (secondary N) is 2. The summed E-state index contributed by atoms with van der Waals surface area (Å²) in [7, 11) is 0. The van der Waals surface area contributed by atoms with Crippen LogP contribution in [0.4, 0.5) is 18.3 Å². The summed E-state index contributed by atoms with van der Waals surface area (Å²) in [6.07, 6.45) is -2.48. The second-order valence-electron chi connectivity index (χ2n) is 11.8. The number of ether oxygens (including phenoxy) is 2. The van der Waals surface area contributed by atoms with Crippen molar-refractivity contribution in [3.63, 3.8) is 0 Å². The number of aromatic nitrogens is 1. The van der Waals surface area contributed by atoms with Gasteiger partial charge in [0.1, 0.15) is 18.1 Å². The van der Waals surface area contributed by atoms with Crippen molar-refractivity contribution in [3.8, 4) is 5.75 Å². The van der Waals surface area contributed by atoms with Crippen LogP contribution < -0.4 is 15.0 Å². The normalized spacial score (nSPS) is 19.2. The van der Waals surface area contributed by atoms with Crippen LogP contribution in [0.25, 0.3) is 10.2 Å². The second-order valence-corrected chi connectivity index (χ2v) is 12.8. The van der Waals surface area contributed by atoms with Crippen LogP contribution in [0.3, 0.4) is 0 Å². The highest BCUT2D eigenvalue weighted by atomic mass is 32.1. The summed E-state index contributed by atoms with van der Waals surface area (Å²) in [5.41, 5.74) is 0.854. The molecule has 3 aromatic rings. The van der Waals surface area contributed by atoms with E-state index in [9.17, 15) is 27.9 Å². The standard InChI is InChI=1S/C32H35F3N4O6S/c1-17(2)24-14-20(11-12-39(24)31-38-23-10-9-19(13-26(23)46-31)30(43)37-15-27(40)41)44-16-22(29(42)18-7-8-18)28(36)21-5-3-4-6-25(21)45-32(33,34)35/h3-6,9-10,13,17-18,20,24,36,42H,7-8,11-12,14-16H2,1-2H3,(H,37,43)(H,40,41)/b29-22-,36-28?. The highest BCUT2D eigenvalue weighted by Gasteiger charge is 2.36. The molecule has 1 aliphatic heterocycles. The fourth-order valence-corrected chi connectivity index (χ4v) is 6.64. The summed E-state index contributed by atoms with van der Waals surface area (Å²) in [6.45, 7) is 4.18. The Kier molecular flexibility index (Phi) is 9.87. The number of fused-ring (bicyclic) bond motifs is 1. The topological polar surface area (TPSA) is 145 Å². The molecule has 14 heteroatoms. The third-order valence-electron chi connectivity index (χ3n) is 8.07. The largest absolute Gasteiger partial charge is 0.573 e. The highest BCUT2D eigenvalue weighted by molar-refractivity contribution is 7.22. The van der Waals surface area contributed by atoms with Gasteiger partial charge in [-0.05, 0) is 61.9 Å². The van der Waals surface area contributed by atoms with Crippen LogP contribution in [0.1, 0.15) is 55.5 Å². The number of halogens is 3. The summed E-state index contributed by atoms with van der Waals surface area (Å²) < 4.78 is 50.5. The molecule has 46 heavy (non-hydrogen) atoms. The van der Waals surface area contributed by atoms with Crippen molar-refractivity contribution in [1.29, 1.82) is 5.41 Å². The molecule has 2 unspecified atom stereocenters. The third kappa shape index (κ3) is 7.97. The fraction of sp³-hybridized carbons (Fsp3) is 0.438. The average molecular weight is 661 g/mol. The van der Waals surface area contributed by atoms with Gasteiger partial charge in [0.2, 0.25) is 0 Å². The van der Waals surface area contributed by atoms with Crippen molar-refractivity contribution in [2.45, 2.75) is 58.0 Å². The Morgan fingerprint density at radius 2 is 1.89 bits per heavy atom. The first-order valence-electron chi connectivity index (χ1n) is 15.0. The maximum Gasteiger partial charge on any atom is 0.573 e. The number of thiazole rings is 1. The van der Waals surface area contributed by atoms with Gasteiger partial charge in [-0.3, -0.25) is 15.0 Å². The van der Waals surface area contributed by atoms with Crippen molar-refractivity contribution in [1.82, 2.24) is 10.3 Å². The number of hydrogen-bond acceptors (Lipinski definition) is 9. The van der Waals surface area contributed by atoms with E-state index in [0.717, 1.165) is 28.7 Å². The molecule has 0 radical (unpaired) electrons. The van der Waals surface area contributed by atoms with Crippen LogP contribution in [0, 0.1) is 17.2 Å². The van der Waals surface area contributed by atoms with E-state index in [4.69, 9.17) is 20.2 Å². The molecule has 0 spiro atoms.